The van der Waals surface area contributed by atoms with E-state index in [1.807, 2.05) is 30.3 Å². The van der Waals surface area contributed by atoms with Gasteiger partial charge >= 0.3 is 5.97 Å². The van der Waals surface area contributed by atoms with Crippen LogP contribution in [0.4, 0.5) is 0 Å². The molecule has 0 aromatic heterocycles. The van der Waals surface area contributed by atoms with Crippen LogP contribution in [0.2, 0.25) is 0 Å². The molecule has 2 aliphatic rings. The summed E-state index contributed by atoms with van der Waals surface area (Å²) in [5.74, 6) is -0.496. The Morgan fingerprint density at radius 1 is 1.17 bits per heavy atom. The minimum absolute atomic E-state index is 0. The second kappa shape index (κ2) is 7.54. The van der Waals surface area contributed by atoms with Crippen LogP contribution in [0.15, 0.2) is 30.3 Å². The molecule has 0 bridgehead atoms. The lowest BCUT2D eigenvalue weighted by Gasteiger charge is -2.33. The van der Waals surface area contributed by atoms with Crippen molar-refractivity contribution in [3.8, 4) is 0 Å². The average Bonchev–Trinajstić information content (AvgIpc) is 3.17. The number of rotatable bonds is 4. The highest BCUT2D eigenvalue weighted by atomic mass is 79.9. The second-order valence-corrected chi connectivity index (χ2v) is 7.77. The normalized spacial score (nSPS) is 25.7. The molecule has 2 unspecified atom stereocenters. The first kappa shape index (κ1) is 19.4. The Morgan fingerprint density at radius 3 is 2.33 bits per heavy atom. The number of esters is 1. The van der Waals surface area contributed by atoms with Crippen LogP contribution in [-0.2, 0) is 15.1 Å². The Labute approximate surface area is 155 Å². The molecule has 1 saturated carbocycles. The zero-order chi connectivity index (χ0) is 16.5. The number of nitrogens with zero attached hydrogens (tertiary/aromatic N) is 1. The van der Waals surface area contributed by atoms with Crippen LogP contribution >= 0.6 is 17.0 Å². The topological polar surface area (TPSA) is 46.5 Å². The van der Waals surface area contributed by atoms with Crippen LogP contribution < -0.4 is 0 Å². The first-order valence-corrected chi connectivity index (χ1v) is 8.73. The predicted octanol–water partition coefficient (Wildman–Crippen LogP) is 3.03. The maximum absolute atomic E-state index is 12.9. The van der Waals surface area contributed by atoms with Crippen molar-refractivity contribution in [2.24, 2.45) is 5.92 Å². The Kier molecular flexibility index (Phi) is 6.10. The second-order valence-electron chi connectivity index (χ2n) is 7.77. The van der Waals surface area contributed by atoms with Gasteiger partial charge in [0.25, 0.3) is 0 Å². The lowest BCUT2D eigenvalue weighted by molar-refractivity contribution is -0.879. The van der Waals surface area contributed by atoms with Crippen molar-refractivity contribution in [2.75, 3.05) is 27.2 Å². The van der Waals surface area contributed by atoms with Crippen LogP contribution in [0, 0.1) is 5.92 Å². The van der Waals surface area contributed by atoms with Gasteiger partial charge in [-0.2, -0.15) is 0 Å². The number of likely N-dealkylation sites (N-methyl/N-ethyl adjacent to an activating group) is 1. The molecule has 1 saturated heterocycles. The maximum atomic E-state index is 12.9. The third-order valence-corrected chi connectivity index (χ3v) is 5.50. The van der Waals surface area contributed by atoms with Gasteiger partial charge in [0.2, 0.25) is 0 Å². The predicted molar refractivity (Wildman–Crippen MR) is 99.0 cm³/mol. The zero-order valence-electron chi connectivity index (χ0n) is 14.6. The van der Waals surface area contributed by atoms with Gasteiger partial charge in [-0.3, -0.25) is 0 Å². The summed E-state index contributed by atoms with van der Waals surface area (Å²) in [4.78, 5) is 12.9. The fourth-order valence-corrected chi connectivity index (χ4v) is 4.12. The monoisotopic (exact) mass is 398 g/mol. The molecule has 24 heavy (non-hydrogen) atoms. The van der Waals surface area contributed by atoms with Gasteiger partial charge < -0.3 is 14.3 Å². The Morgan fingerprint density at radius 2 is 1.79 bits per heavy atom. The fraction of sp³-hybridized carbons (Fsp3) is 0.632. The molecular formula is C19H29BrNO3+. The molecule has 2 atom stereocenters. The number of aliphatic hydroxyl groups is 1. The molecule has 134 valence electrons. The largest absolute Gasteiger partial charge is 0.454 e. The highest BCUT2D eigenvalue weighted by Crippen LogP contribution is 2.42. The smallest absolute Gasteiger partial charge is 0.343 e. The quantitative estimate of drug-likeness (QED) is 0.626. The Bertz CT molecular complexity index is 557. The third kappa shape index (κ3) is 3.84. The molecule has 1 aromatic carbocycles. The summed E-state index contributed by atoms with van der Waals surface area (Å²) in [5, 5.41) is 11.4. The summed E-state index contributed by atoms with van der Waals surface area (Å²) in [6, 6.07) is 9.33. The standard InChI is InChI=1S/C19H28NO3.BrH/c1-20(2)13-12-17(14-20)23-18(21)19(22,16-10-6-7-11-16)15-8-4-3-5-9-15;/h3-5,8-9,16-17,22H,6-7,10-14H2,1-2H3;1H/q+1;. The summed E-state index contributed by atoms with van der Waals surface area (Å²) in [5.41, 5.74) is -0.832. The first-order chi connectivity index (χ1) is 10.9. The van der Waals surface area contributed by atoms with Crippen molar-refractivity contribution in [2.45, 2.75) is 43.8 Å². The van der Waals surface area contributed by atoms with Gasteiger partial charge in [-0.25, -0.2) is 4.79 Å². The van der Waals surface area contributed by atoms with E-state index in [0.717, 1.165) is 49.7 Å². The molecule has 1 aromatic rings. The van der Waals surface area contributed by atoms with Crippen molar-refractivity contribution in [1.82, 2.24) is 0 Å². The molecule has 0 spiro atoms. The van der Waals surface area contributed by atoms with Crippen molar-refractivity contribution in [1.29, 1.82) is 0 Å². The lowest BCUT2D eigenvalue weighted by Crippen LogP contribution is -2.46. The van der Waals surface area contributed by atoms with Crippen LogP contribution in [0.1, 0.15) is 37.7 Å². The molecule has 1 heterocycles. The number of hydrogen-bond donors (Lipinski definition) is 1. The number of carbonyl (C=O) groups is 1. The highest BCUT2D eigenvalue weighted by Gasteiger charge is 2.49. The van der Waals surface area contributed by atoms with Gasteiger partial charge in [0.1, 0.15) is 6.54 Å². The van der Waals surface area contributed by atoms with E-state index in [-0.39, 0.29) is 29.0 Å². The number of carbonyl (C=O) groups excluding carboxylic acids is 1. The van der Waals surface area contributed by atoms with Crippen molar-refractivity contribution >= 4 is 23.0 Å². The van der Waals surface area contributed by atoms with Crippen LogP contribution in [-0.4, -0.2) is 48.8 Å². The fourth-order valence-electron chi connectivity index (χ4n) is 4.12. The van der Waals surface area contributed by atoms with Gasteiger partial charge in [-0.05, 0) is 18.4 Å². The third-order valence-electron chi connectivity index (χ3n) is 5.50. The van der Waals surface area contributed by atoms with Gasteiger partial charge in [-0.15, -0.1) is 17.0 Å². The van der Waals surface area contributed by atoms with E-state index in [4.69, 9.17) is 4.74 Å². The van der Waals surface area contributed by atoms with Crippen LogP contribution in [0.5, 0.6) is 0 Å². The summed E-state index contributed by atoms with van der Waals surface area (Å²) in [6.07, 6.45) is 4.68. The molecule has 4 nitrogen and oxygen atoms in total. The SMILES string of the molecule is Br.C[N+]1(C)CCC(OC(=O)C(O)(c2ccccc2)C2CCCC2)C1. The molecule has 1 aliphatic heterocycles. The minimum Gasteiger partial charge on any atom is -0.454 e. The van der Waals surface area contributed by atoms with Crippen LogP contribution in [0.3, 0.4) is 0 Å². The highest BCUT2D eigenvalue weighted by molar-refractivity contribution is 8.93. The molecule has 1 N–H and O–H groups in total. The number of hydrogen-bond acceptors (Lipinski definition) is 3. The Balaban J connectivity index is 0.00000208. The number of likely N-dealkylation sites (tertiary alicyclic amines) is 1. The van der Waals surface area contributed by atoms with Gasteiger partial charge in [0.15, 0.2) is 11.7 Å². The van der Waals surface area contributed by atoms with E-state index < -0.39 is 11.6 Å². The maximum Gasteiger partial charge on any atom is 0.343 e. The lowest BCUT2D eigenvalue weighted by atomic mass is 9.80. The number of ether oxygens (including phenoxy) is 1. The van der Waals surface area contributed by atoms with Gasteiger partial charge in [0, 0.05) is 12.3 Å². The molecule has 1 aliphatic carbocycles. The van der Waals surface area contributed by atoms with E-state index in [2.05, 4.69) is 14.1 Å². The zero-order valence-corrected chi connectivity index (χ0v) is 16.3. The van der Waals surface area contributed by atoms with Crippen LogP contribution in [0.25, 0.3) is 0 Å². The van der Waals surface area contributed by atoms with Crippen molar-refractivity contribution < 1.29 is 19.1 Å². The van der Waals surface area contributed by atoms with E-state index >= 15 is 0 Å². The number of quaternary nitrogens is 1. The molecule has 3 rings (SSSR count). The molecule has 5 heteroatoms. The molecule has 0 radical (unpaired) electrons. The van der Waals surface area contributed by atoms with E-state index in [1.165, 1.54) is 0 Å². The molecule has 2 fully saturated rings. The number of benzene rings is 1. The molecular weight excluding hydrogens is 370 g/mol. The van der Waals surface area contributed by atoms with Crippen molar-refractivity contribution in [3.05, 3.63) is 35.9 Å². The number of halogens is 1. The minimum atomic E-state index is -1.50. The van der Waals surface area contributed by atoms with E-state index in [1.54, 1.807) is 0 Å². The van der Waals surface area contributed by atoms with Gasteiger partial charge in [0.05, 0.1) is 20.6 Å². The summed E-state index contributed by atoms with van der Waals surface area (Å²) in [6.45, 7) is 1.83. The summed E-state index contributed by atoms with van der Waals surface area (Å²) in [7, 11) is 4.29. The van der Waals surface area contributed by atoms with E-state index in [0.29, 0.717) is 5.56 Å². The van der Waals surface area contributed by atoms with E-state index in [9.17, 15) is 9.90 Å². The van der Waals surface area contributed by atoms with Gasteiger partial charge in [-0.1, -0.05) is 43.2 Å². The first-order valence-electron chi connectivity index (χ1n) is 8.73. The average molecular weight is 399 g/mol. The summed E-state index contributed by atoms with van der Waals surface area (Å²) >= 11 is 0. The van der Waals surface area contributed by atoms with Crippen molar-refractivity contribution in [3.63, 3.8) is 0 Å². The summed E-state index contributed by atoms with van der Waals surface area (Å²) < 4.78 is 6.64. The Hall–Kier alpha value is -0.910. The molecule has 0 amide bonds.